The van der Waals surface area contributed by atoms with E-state index in [1.807, 2.05) is 13.8 Å². The van der Waals surface area contributed by atoms with Crippen LogP contribution in [0.4, 0.5) is 0 Å². The van der Waals surface area contributed by atoms with Gasteiger partial charge in [0, 0.05) is 56.0 Å². The Hall–Kier alpha value is -2.54. The van der Waals surface area contributed by atoms with Crippen molar-refractivity contribution in [1.29, 1.82) is 0 Å². The van der Waals surface area contributed by atoms with Gasteiger partial charge in [-0.2, -0.15) is 0 Å². The highest BCUT2D eigenvalue weighted by molar-refractivity contribution is 7.94. The Bertz CT molecular complexity index is 1830. The van der Waals surface area contributed by atoms with Gasteiger partial charge in [-0.15, -0.1) is 0 Å². The van der Waals surface area contributed by atoms with E-state index in [0.717, 1.165) is 19.3 Å². The molecule has 0 amide bonds. The van der Waals surface area contributed by atoms with Gasteiger partial charge in [0.1, 0.15) is 21.0 Å². The van der Waals surface area contributed by atoms with E-state index in [1.165, 1.54) is 27.7 Å². The predicted octanol–water partition coefficient (Wildman–Crippen LogP) is 4.41. The number of hydrogen-bond donors (Lipinski definition) is 1. The van der Waals surface area contributed by atoms with E-state index in [4.69, 9.17) is 28.0 Å². The Morgan fingerprint density at radius 3 is 1.50 bits per heavy atom. The van der Waals surface area contributed by atoms with Crippen LogP contribution in [-0.2, 0) is 71.9 Å². The molecule has 0 aliphatic carbocycles. The Kier molecular flexibility index (Phi) is 15.3. The van der Waals surface area contributed by atoms with Crippen molar-refractivity contribution in [2.24, 2.45) is 0 Å². The maximum Gasteiger partial charge on any atom is 0.165 e. The van der Waals surface area contributed by atoms with Crippen LogP contribution in [0.2, 0.25) is 0 Å². The molecule has 0 radical (unpaired) electrons. The highest BCUT2D eigenvalue weighted by atomic mass is 32.2. The summed E-state index contributed by atoms with van der Waals surface area (Å²) in [6, 6.07) is 3.32. The third-order valence-corrected chi connectivity index (χ3v) is 17.3. The summed E-state index contributed by atoms with van der Waals surface area (Å²) in [5.74, 6) is -0.163. The molecule has 2 aromatic rings. The number of ether oxygens (including phenoxy) is 4. The molecule has 0 saturated carbocycles. The second-order valence-corrected chi connectivity index (χ2v) is 22.9. The van der Waals surface area contributed by atoms with Gasteiger partial charge in [-0.05, 0) is 72.6 Å². The molecule has 5 rings (SSSR count). The lowest BCUT2D eigenvalue weighted by atomic mass is 9.90. The molecular weight excluding hydrogens is 769 g/mol. The van der Waals surface area contributed by atoms with Crippen LogP contribution in [0.5, 0.6) is 0 Å². The minimum atomic E-state index is -3.65. The zero-order valence-electron chi connectivity index (χ0n) is 34.3. The first kappa shape index (κ1) is 46.2. The Labute approximate surface area is 331 Å². The van der Waals surface area contributed by atoms with Crippen LogP contribution in [-0.4, -0.2) is 116 Å². The van der Waals surface area contributed by atoms with Crippen LogP contribution < -0.4 is 0 Å². The van der Waals surface area contributed by atoms with Crippen molar-refractivity contribution in [2.75, 3.05) is 46.2 Å². The van der Waals surface area contributed by atoms with E-state index in [1.54, 1.807) is 26.0 Å². The lowest BCUT2D eigenvalue weighted by molar-refractivity contribution is -0.170. The maximum atomic E-state index is 13.1. The number of sulfone groups is 2. The molecule has 56 heavy (non-hydrogen) atoms. The Balaban J connectivity index is 0.000000255. The molecule has 3 saturated heterocycles. The fraction of sp³-hybridized carbons (Fsp3) is 0.795. The Morgan fingerprint density at radius 1 is 0.679 bits per heavy atom. The number of Topliss-reactive ketones (excluding diaryl/α,β-unsaturated/α-hetero) is 2. The van der Waals surface area contributed by atoms with Crippen molar-refractivity contribution < 1.29 is 59.5 Å². The molecule has 0 spiro atoms. The SMILES string of the molecule is CC(C)(CO)c1cc(CC(=O)C(C)(C)S(=O)(=O)C2CCOCC2)on1.CC(C)(COC1CCCCO1)c1cc(CC(=O)C(C)(C)S(=O)(=O)C2CCOCC2)on1. The highest BCUT2D eigenvalue weighted by Gasteiger charge is 2.48. The Morgan fingerprint density at radius 2 is 1.11 bits per heavy atom. The molecule has 318 valence electrons. The van der Waals surface area contributed by atoms with Crippen molar-refractivity contribution in [1.82, 2.24) is 10.3 Å². The molecule has 0 bridgehead atoms. The molecular formula is C39H62N2O13S2. The average molecular weight is 831 g/mol. The minimum absolute atomic E-state index is 0.115. The normalized spacial score (nSPS) is 20.0. The van der Waals surface area contributed by atoms with Gasteiger partial charge in [0.05, 0.1) is 47.9 Å². The summed E-state index contributed by atoms with van der Waals surface area (Å²) >= 11 is 0. The summed E-state index contributed by atoms with van der Waals surface area (Å²) in [7, 11) is -7.29. The number of nitrogens with zero attached hydrogens (tertiary/aromatic N) is 2. The van der Waals surface area contributed by atoms with Crippen molar-refractivity contribution in [3.63, 3.8) is 0 Å². The van der Waals surface area contributed by atoms with Gasteiger partial charge in [-0.1, -0.05) is 38.0 Å². The summed E-state index contributed by atoms with van der Waals surface area (Å²) in [4.78, 5) is 25.7. The van der Waals surface area contributed by atoms with Crippen LogP contribution in [0.3, 0.4) is 0 Å². The molecule has 17 heteroatoms. The molecule has 1 unspecified atom stereocenters. The average Bonchev–Trinajstić information content (AvgIpc) is 3.86. The van der Waals surface area contributed by atoms with Crippen molar-refractivity contribution in [3.05, 3.63) is 35.0 Å². The van der Waals surface area contributed by atoms with Crippen LogP contribution in [0, 0.1) is 0 Å². The van der Waals surface area contributed by atoms with Crippen molar-refractivity contribution >= 4 is 31.2 Å². The molecule has 1 atom stereocenters. The number of aliphatic hydroxyl groups excluding tert-OH is 1. The van der Waals surface area contributed by atoms with Crippen LogP contribution >= 0.6 is 0 Å². The first-order valence-corrected chi connectivity index (χ1v) is 22.6. The van der Waals surface area contributed by atoms with E-state index >= 15 is 0 Å². The van der Waals surface area contributed by atoms with E-state index < -0.39 is 62.1 Å². The topological polar surface area (TPSA) is 212 Å². The number of ketones is 2. The monoisotopic (exact) mass is 830 g/mol. The fourth-order valence-corrected chi connectivity index (χ4v) is 10.7. The van der Waals surface area contributed by atoms with Crippen LogP contribution in [0.25, 0.3) is 0 Å². The molecule has 2 aromatic heterocycles. The summed E-state index contributed by atoms with van der Waals surface area (Å²) in [6.45, 7) is 16.1. The summed E-state index contributed by atoms with van der Waals surface area (Å²) in [5, 5.41) is 16.3. The highest BCUT2D eigenvalue weighted by Crippen LogP contribution is 2.32. The van der Waals surface area contributed by atoms with Gasteiger partial charge in [0.15, 0.2) is 37.5 Å². The number of hydrogen-bond acceptors (Lipinski definition) is 15. The lowest BCUT2D eigenvalue weighted by Crippen LogP contribution is -2.48. The quantitative estimate of drug-likeness (QED) is 0.248. The van der Waals surface area contributed by atoms with Gasteiger partial charge >= 0.3 is 0 Å². The van der Waals surface area contributed by atoms with Gasteiger partial charge < -0.3 is 33.1 Å². The number of aromatic nitrogens is 2. The number of rotatable bonds is 16. The van der Waals surface area contributed by atoms with Crippen molar-refractivity contribution in [2.45, 2.75) is 150 Å². The molecule has 15 nitrogen and oxygen atoms in total. The van der Waals surface area contributed by atoms with Gasteiger partial charge in [0.25, 0.3) is 0 Å². The largest absolute Gasteiger partial charge is 0.395 e. The predicted molar refractivity (Wildman–Crippen MR) is 207 cm³/mol. The van der Waals surface area contributed by atoms with Crippen molar-refractivity contribution in [3.8, 4) is 0 Å². The smallest absolute Gasteiger partial charge is 0.165 e. The van der Waals surface area contributed by atoms with E-state index in [0.29, 0.717) is 88.2 Å². The van der Waals surface area contributed by atoms with Gasteiger partial charge in [-0.25, -0.2) is 16.8 Å². The number of carbonyl (C=O) groups excluding carboxylic acids is 2. The van der Waals surface area contributed by atoms with Gasteiger partial charge in [0.2, 0.25) is 0 Å². The zero-order chi connectivity index (χ0) is 41.6. The molecule has 3 aliphatic rings. The molecule has 1 N–H and O–H groups in total. The third-order valence-electron chi connectivity index (χ3n) is 11.3. The number of carbonyl (C=O) groups is 2. The maximum absolute atomic E-state index is 13.1. The molecule has 3 fully saturated rings. The second-order valence-electron chi connectivity index (χ2n) is 17.3. The molecule has 5 heterocycles. The third kappa shape index (κ3) is 10.7. The number of aliphatic hydroxyl groups is 1. The summed E-state index contributed by atoms with van der Waals surface area (Å²) < 4.78 is 81.5. The zero-order valence-corrected chi connectivity index (χ0v) is 35.9. The van der Waals surface area contributed by atoms with E-state index in [9.17, 15) is 31.5 Å². The van der Waals surface area contributed by atoms with Crippen LogP contribution in [0.15, 0.2) is 21.2 Å². The van der Waals surface area contributed by atoms with Gasteiger partial charge in [-0.3, -0.25) is 9.59 Å². The first-order chi connectivity index (χ1) is 26.1. The lowest BCUT2D eigenvalue weighted by Gasteiger charge is -2.31. The standard InChI is InChI=1S/C22H35NO7S.C17H27NO6S/c1-21(2,15-29-20-7-5-6-10-28-20)18-13-16(30-23-18)14-19(24)22(3,4)31(25,26)17-8-11-27-12-9-17;1-16(2,11-19)14-9-12(24-18-14)10-15(20)17(3,4)25(21,22)13-5-7-23-8-6-13/h13,17,20H,5-12,14-15H2,1-4H3;9,13,19H,5-8,10-11H2,1-4H3. The second kappa shape index (κ2) is 18.6. The summed E-state index contributed by atoms with van der Waals surface area (Å²) in [5.41, 5.74) is 0.170. The summed E-state index contributed by atoms with van der Waals surface area (Å²) in [6.07, 6.45) is 4.23. The van der Waals surface area contributed by atoms with Crippen LogP contribution in [0.1, 0.15) is 123 Å². The minimum Gasteiger partial charge on any atom is -0.395 e. The first-order valence-electron chi connectivity index (χ1n) is 19.5. The van der Waals surface area contributed by atoms with E-state index in [2.05, 4.69) is 10.3 Å². The van der Waals surface area contributed by atoms with E-state index in [-0.39, 0.29) is 25.7 Å². The fourth-order valence-electron chi connectivity index (χ4n) is 6.59. The molecule has 0 aromatic carbocycles. The molecule has 3 aliphatic heterocycles.